The molecule has 0 aliphatic carbocycles. The fraction of sp³-hybridized carbons (Fsp3) is 0.304. The van der Waals surface area contributed by atoms with Crippen LogP contribution in [-0.4, -0.2) is 35.4 Å². The lowest BCUT2D eigenvalue weighted by Crippen LogP contribution is -2.44. The Kier molecular flexibility index (Phi) is 7.20. The standard InChI is InChI=1S/C23H25ClN2O3/c24-21-9-7-20(8-10-21)23(16-22(28)25-29)11-13-26(14-12-23)17-19-5-3-18(4-6-19)2-1-15-27/h1-10,15,29H,11-14,16-17H2,(H,25,28)/b2-1+. The van der Waals surface area contributed by atoms with Gasteiger partial charge in [0.05, 0.1) is 0 Å². The van der Waals surface area contributed by atoms with Crippen molar-refractivity contribution < 1.29 is 14.8 Å². The van der Waals surface area contributed by atoms with Crippen LogP contribution in [0.2, 0.25) is 5.02 Å². The summed E-state index contributed by atoms with van der Waals surface area (Å²) in [6.45, 7) is 2.54. The second-order valence-corrected chi connectivity index (χ2v) is 7.95. The number of rotatable bonds is 7. The number of hydrogen-bond donors (Lipinski definition) is 2. The van der Waals surface area contributed by atoms with Crippen LogP contribution in [-0.2, 0) is 21.5 Å². The van der Waals surface area contributed by atoms with Crippen molar-refractivity contribution in [3.05, 3.63) is 76.3 Å². The SMILES string of the molecule is O=C/C=C/c1ccc(CN2CCC(CC(=O)NO)(c3ccc(Cl)cc3)CC2)cc1. The topological polar surface area (TPSA) is 69.6 Å². The molecule has 1 aliphatic heterocycles. The van der Waals surface area contributed by atoms with E-state index in [1.54, 1.807) is 11.6 Å². The molecule has 1 amide bonds. The van der Waals surface area contributed by atoms with Crippen LogP contribution in [0, 0.1) is 0 Å². The van der Waals surface area contributed by atoms with Gasteiger partial charge in [-0.3, -0.25) is 19.7 Å². The number of benzene rings is 2. The third-order valence-electron chi connectivity index (χ3n) is 5.65. The number of carbonyl (C=O) groups excluding carboxylic acids is 2. The summed E-state index contributed by atoms with van der Waals surface area (Å²) in [5.74, 6) is -0.368. The molecule has 0 spiro atoms. The third kappa shape index (κ3) is 5.54. The second-order valence-electron chi connectivity index (χ2n) is 7.51. The van der Waals surface area contributed by atoms with E-state index >= 15 is 0 Å². The maximum Gasteiger partial charge on any atom is 0.244 e. The summed E-state index contributed by atoms with van der Waals surface area (Å²) >= 11 is 6.03. The molecule has 6 heteroatoms. The van der Waals surface area contributed by atoms with Crippen LogP contribution in [0.25, 0.3) is 6.08 Å². The highest BCUT2D eigenvalue weighted by atomic mass is 35.5. The van der Waals surface area contributed by atoms with Crippen LogP contribution in [0.1, 0.15) is 36.0 Å². The van der Waals surface area contributed by atoms with E-state index in [1.165, 1.54) is 11.6 Å². The lowest BCUT2D eigenvalue weighted by molar-refractivity contribution is -0.131. The first-order chi connectivity index (χ1) is 14.0. The Bertz CT molecular complexity index is 855. The number of nitrogens with zero attached hydrogens (tertiary/aromatic N) is 1. The maximum absolute atomic E-state index is 12.0. The zero-order valence-electron chi connectivity index (χ0n) is 16.2. The molecular weight excluding hydrogens is 388 g/mol. The molecule has 2 aromatic carbocycles. The van der Waals surface area contributed by atoms with E-state index < -0.39 is 0 Å². The van der Waals surface area contributed by atoms with E-state index in [2.05, 4.69) is 17.0 Å². The molecule has 1 heterocycles. The first kappa shape index (κ1) is 21.2. The Balaban J connectivity index is 1.68. The minimum atomic E-state index is -0.368. The Morgan fingerprint density at radius 1 is 1.10 bits per heavy atom. The molecule has 1 fully saturated rings. The highest BCUT2D eigenvalue weighted by molar-refractivity contribution is 6.30. The van der Waals surface area contributed by atoms with Crippen LogP contribution in [0.15, 0.2) is 54.6 Å². The third-order valence-corrected chi connectivity index (χ3v) is 5.90. The minimum absolute atomic E-state index is 0.247. The Hall–Kier alpha value is -2.47. The van der Waals surface area contributed by atoms with Crippen LogP contribution >= 0.6 is 11.6 Å². The fourth-order valence-electron chi connectivity index (χ4n) is 4.00. The van der Waals surface area contributed by atoms with E-state index in [9.17, 15) is 9.59 Å². The first-order valence-electron chi connectivity index (χ1n) is 9.67. The summed E-state index contributed by atoms with van der Waals surface area (Å²) in [5.41, 5.74) is 4.76. The zero-order chi connectivity index (χ0) is 20.7. The average Bonchev–Trinajstić information content (AvgIpc) is 2.75. The van der Waals surface area contributed by atoms with Crippen LogP contribution in [0.3, 0.4) is 0 Å². The van der Waals surface area contributed by atoms with E-state index in [4.69, 9.17) is 16.8 Å². The Labute approximate surface area is 175 Å². The number of piperidine rings is 1. The lowest BCUT2D eigenvalue weighted by atomic mass is 9.70. The smallest absolute Gasteiger partial charge is 0.244 e. The summed E-state index contributed by atoms with van der Waals surface area (Å²) in [6, 6.07) is 15.8. The van der Waals surface area contributed by atoms with E-state index in [0.717, 1.165) is 49.9 Å². The summed E-state index contributed by atoms with van der Waals surface area (Å²) in [6.07, 6.45) is 5.93. The molecule has 5 nitrogen and oxygen atoms in total. The Morgan fingerprint density at radius 3 is 2.34 bits per heavy atom. The number of hydroxylamine groups is 1. The van der Waals surface area contributed by atoms with Crippen molar-refractivity contribution in [1.82, 2.24) is 10.4 Å². The molecule has 0 saturated carbocycles. The molecule has 0 bridgehead atoms. The zero-order valence-corrected chi connectivity index (χ0v) is 16.9. The quantitative estimate of drug-likeness (QED) is 0.312. The molecule has 29 heavy (non-hydrogen) atoms. The van der Waals surface area contributed by atoms with Crippen molar-refractivity contribution >= 4 is 29.9 Å². The molecule has 152 valence electrons. The highest BCUT2D eigenvalue weighted by Crippen LogP contribution is 2.39. The van der Waals surface area contributed by atoms with Crippen LogP contribution < -0.4 is 5.48 Å². The maximum atomic E-state index is 12.0. The van der Waals surface area contributed by atoms with E-state index in [-0.39, 0.29) is 17.7 Å². The van der Waals surface area contributed by atoms with Gasteiger partial charge in [0.1, 0.15) is 6.29 Å². The molecule has 0 aromatic heterocycles. The number of carbonyl (C=O) groups is 2. The number of halogens is 1. The summed E-state index contributed by atoms with van der Waals surface area (Å²) in [5, 5.41) is 9.71. The van der Waals surface area contributed by atoms with Gasteiger partial charge in [0, 0.05) is 23.4 Å². The predicted molar refractivity (Wildman–Crippen MR) is 114 cm³/mol. The van der Waals surface area contributed by atoms with Crippen LogP contribution in [0.4, 0.5) is 0 Å². The molecule has 2 N–H and O–H groups in total. The normalized spacial score (nSPS) is 16.6. The molecule has 0 unspecified atom stereocenters. The van der Waals surface area contributed by atoms with Gasteiger partial charge in [-0.1, -0.05) is 54.1 Å². The number of allylic oxidation sites excluding steroid dienone is 1. The molecule has 1 saturated heterocycles. The van der Waals surface area contributed by atoms with Gasteiger partial charge in [0.15, 0.2) is 0 Å². The largest absolute Gasteiger partial charge is 0.299 e. The van der Waals surface area contributed by atoms with Crippen molar-refractivity contribution in [2.45, 2.75) is 31.2 Å². The van der Waals surface area contributed by atoms with Gasteiger partial charge in [0.2, 0.25) is 5.91 Å². The van der Waals surface area contributed by atoms with E-state index in [1.807, 2.05) is 36.4 Å². The molecule has 0 radical (unpaired) electrons. The summed E-state index contributed by atoms with van der Waals surface area (Å²) < 4.78 is 0. The number of aldehydes is 1. The van der Waals surface area contributed by atoms with Crippen molar-refractivity contribution in [3.63, 3.8) is 0 Å². The van der Waals surface area contributed by atoms with Gasteiger partial charge in [-0.05, 0) is 60.8 Å². The number of amides is 1. The number of nitrogens with one attached hydrogen (secondary N) is 1. The van der Waals surface area contributed by atoms with Gasteiger partial charge in [-0.25, -0.2) is 5.48 Å². The molecule has 1 aliphatic rings. The van der Waals surface area contributed by atoms with Crippen molar-refractivity contribution in [2.75, 3.05) is 13.1 Å². The average molecular weight is 413 g/mol. The second kappa shape index (κ2) is 9.83. The summed E-state index contributed by atoms with van der Waals surface area (Å²) in [4.78, 5) is 24.8. The van der Waals surface area contributed by atoms with Gasteiger partial charge < -0.3 is 0 Å². The van der Waals surface area contributed by atoms with Gasteiger partial charge in [0.25, 0.3) is 0 Å². The lowest BCUT2D eigenvalue weighted by Gasteiger charge is -2.42. The minimum Gasteiger partial charge on any atom is -0.299 e. The fourth-order valence-corrected chi connectivity index (χ4v) is 4.13. The van der Waals surface area contributed by atoms with Gasteiger partial charge >= 0.3 is 0 Å². The predicted octanol–water partition coefficient (Wildman–Crippen LogP) is 3.98. The van der Waals surface area contributed by atoms with E-state index in [0.29, 0.717) is 5.02 Å². The highest BCUT2D eigenvalue weighted by Gasteiger charge is 2.38. The number of hydrogen-bond acceptors (Lipinski definition) is 4. The van der Waals surface area contributed by atoms with Crippen molar-refractivity contribution in [1.29, 1.82) is 0 Å². The molecule has 2 aromatic rings. The number of likely N-dealkylation sites (tertiary alicyclic amines) is 1. The van der Waals surface area contributed by atoms with Gasteiger partial charge in [-0.2, -0.15) is 0 Å². The van der Waals surface area contributed by atoms with Crippen molar-refractivity contribution in [2.24, 2.45) is 0 Å². The molecular formula is C23H25ClN2O3. The van der Waals surface area contributed by atoms with Crippen molar-refractivity contribution in [3.8, 4) is 0 Å². The molecule has 3 rings (SSSR count). The molecule has 0 atom stereocenters. The van der Waals surface area contributed by atoms with Crippen LogP contribution in [0.5, 0.6) is 0 Å². The first-order valence-corrected chi connectivity index (χ1v) is 10.0. The summed E-state index contributed by atoms with van der Waals surface area (Å²) in [7, 11) is 0. The Morgan fingerprint density at radius 2 is 1.76 bits per heavy atom. The van der Waals surface area contributed by atoms with Gasteiger partial charge in [-0.15, -0.1) is 0 Å². The monoisotopic (exact) mass is 412 g/mol.